The Hall–Kier alpha value is -2.07. The van der Waals surface area contributed by atoms with Crippen LogP contribution >= 0.6 is 11.6 Å². The zero-order valence-corrected chi connectivity index (χ0v) is 13.0. The summed E-state index contributed by atoms with van der Waals surface area (Å²) in [7, 11) is 0. The van der Waals surface area contributed by atoms with Crippen LogP contribution in [-0.4, -0.2) is 17.5 Å². The number of anilines is 1. The molecular formula is C16H17ClN2O2. The highest BCUT2D eigenvalue weighted by Gasteiger charge is 2.07. The highest BCUT2D eigenvalue weighted by Crippen LogP contribution is 2.25. The normalized spacial score (nSPS) is 10.3. The average molecular weight is 305 g/mol. The number of ether oxygens (including phenoxy) is 1. The Balaban J connectivity index is 1.95. The van der Waals surface area contributed by atoms with Crippen molar-refractivity contribution in [2.45, 2.75) is 20.8 Å². The van der Waals surface area contributed by atoms with Crippen molar-refractivity contribution in [3.63, 3.8) is 0 Å². The Morgan fingerprint density at radius 1 is 1.24 bits per heavy atom. The SMILES string of the molecule is Cc1cccc(NC(=O)COc2cc(C)c(Cl)c(C)c2)n1. The van der Waals surface area contributed by atoms with Gasteiger partial charge in [-0.05, 0) is 56.2 Å². The fourth-order valence-corrected chi connectivity index (χ4v) is 2.04. The van der Waals surface area contributed by atoms with Gasteiger partial charge in [0.05, 0.1) is 0 Å². The van der Waals surface area contributed by atoms with Gasteiger partial charge in [-0.25, -0.2) is 4.98 Å². The Morgan fingerprint density at radius 3 is 2.52 bits per heavy atom. The number of aromatic nitrogens is 1. The van der Waals surface area contributed by atoms with Gasteiger partial charge >= 0.3 is 0 Å². The number of carbonyl (C=O) groups excluding carboxylic acids is 1. The average Bonchev–Trinajstić information content (AvgIpc) is 2.42. The standard InChI is InChI=1S/C16H17ClN2O2/c1-10-7-13(8-11(2)16(10)17)21-9-15(20)19-14-6-4-5-12(3)18-14/h4-8H,9H2,1-3H3,(H,18,19,20). The van der Waals surface area contributed by atoms with Gasteiger partial charge in [0.15, 0.2) is 6.61 Å². The molecule has 5 heteroatoms. The molecule has 0 bridgehead atoms. The Labute approximate surface area is 129 Å². The molecule has 0 unspecified atom stereocenters. The lowest BCUT2D eigenvalue weighted by atomic mass is 10.1. The number of hydrogen-bond acceptors (Lipinski definition) is 3. The second-order valence-electron chi connectivity index (χ2n) is 4.87. The van der Waals surface area contributed by atoms with Crippen LogP contribution in [0.1, 0.15) is 16.8 Å². The first-order valence-corrected chi connectivity index (χ1v) is 6.96. The Bertz CT molecular complexity index is 648. The molecule has 0 aliphatic rings. The van der Waals surface area contributed by atoms with Gasteiger partial charge < -0.3 is 10.1 Å². The molecule has 1 heterocycles. The van der Waals surface area contributed by atoms with Gasteiger partial charge in [-0.1, -0.05) is 17.7 Å². The number of hydrogen-bond donors (Lipinski definition) is 1. The van der Waals surface area contributed by atoms with Crippen molar-refractivity contribution < 1.29 is 9.53 Å². The van der Waals surface area contributed by atoms with E-state index in [4.69, 9.17) is 16.3 Å². The number of nitrogens with zero attached hydrogens (tertiary/aromatic N) is 1. The zero-order chi connectivity index (χ0) is 15.4. The van der Waals surface area contributed by atoms with Gasteiger partial charge in [0.25, 0.3) is 5.91 Å². The molecule has 21 heavy (non-hydrogen) atoms. The molecule has 0 radical (unpaired) electrons. The molecule has 4 nitrogen and oxygen atoms in total. The van der Waals surface area contributed by atoms with Crippen molar-refractivity contribution in [2.24, 2.45) is 0 Å². The summed E-state index contributed by atoms with van der Waals surface area (Å²) in [4.78, 5) is 16.0. The van der Waals surface area contributed by atoms with Gasteiger partial charge in [0, 0.05) is 10.7 Å². The van der Waals surface area contributed by atoms with Crippen LogP contribution in [0.25, 0.3) is 0 Å². The molecule has 0 aliphatic carbocycles. The number of benzene rings is 1. The maximum absolute atomic E-state index is 11.8. The van der Waals surface area contributed by atoms with Crippen LogP contribution in [0.4, 0.5) is 5.82 Å². The van der Waals surface area contributed by atoms with E-state index in [1.807, 2.05) is 45.0 Å². The van der Waals surface area contributed by atoms with Crippen LogP contribution in [0.2, 0.25) is 5.02 Å². The summed E-state index contributed by atoms with van der Waals surface area (Å²) in [6.45, 7) is 5.60. The molecule has 2 rings (SSSR count). The lowest BCUT2D eigenvalue weighted by Crippen LogP contribution is -2.20. The molecule has 0 spiro atoms. The molecule has 1 aromatic carbocycles. The fraction of sp³-hybridized carbons (Fsp3) is 0.250. The van der Waals surface area contributed by atoms with Crippen LogP contribution < -0.4 is 10.1 Å². The minimum atomic E-state index is -0.252. The number of amides is 1. The molecule has 0 saturated carbocycles. The minimum Gasteiger partial charge on any atom is -0.484 e. The highest BCUT2D eigenvalue weighted by molar-refractivity contribution is 6.32. The molecule has 0 fully saturated rings. The predicted molar refractivity (Wildman–Crippen MR) is 84.0 cm³/mol. The summed E-state index contributed by atoms with van der Waals surface area (Å²) < 4.78 is 5.49. The van der Waals surface area contributed by atoms with E-state index in [1.54, 1.807) is 6.07 Å². The van der Waals surface area contributed by atoms with Crippen molar-refractivity contribution in [1.82, 2.24) is 4.98 Å². The maximum atomic E-state index is 11.8. The van der Waals surface area contributed by atoms with Crippen molar-refractivity contribution in [3.05, 3.63) is 52.2 Å². The molecule has 2 aromatic rings. The maximum Gasteiger partial charge on any atom is 0.263 e. The number of aryl methyl sites for hydroxylation is 3. The van der Waals surface area contributed by atoms with Crippen molar-refractivity contribution >= 4 is 23.3 Å². The third-order valence-electron chi connectivity index (χ3n) is 2.94. The van der Waals surface area contributed by atoms with Crippen LogP contribution in [-0.2, 0) is 4.79 Å². The first kappa shape index (κ1) is 15.3. The van der Waals surface area contributed by atoms with E-state index in [1.165, 1.54) is 0 Å². The quantitative estimate of drug-likeness (QED) is 0.937. The highest BCUT2D eigenvalue weighted by atomic mass is 35.5. The van der Waals surface area contributed by atoms with E-state index >= 15 is 0 Å². The first-order valence-electron chi connectivity index (χ1n) is 6.59. The largest absolute Gasteiger partial charge is 0.484 e. The predicted octanol–water partition coefficient (Wildman–Crippen LogP) is 3.68. The second kappa shape index (κ2) is 6.59. The molecular weight excluding hydrogens is 288 g/mol. The summed E-state index contributed by atoms with van der Waals surface area (Å²) >= 11 is 6.09. The Kier molecular flexibility index (Phi) is 4.81. The van der Waals surface area contributed by atoms with Crippen LogP contribution in [0.3, 0.4) is 0 Å². The summed E-state index contributed by atoms with van der Waals surface area (Å²) in [5.74, 6) is 0.896. The van der Waals surface area contributed by atoms with Gasteiger partial charge in [-0.15, -0.1) is 0 Å². The molecule has 0 saturated heterocycles. The number of nitrogens with one attached hydrogen (secondary N) is 1. The number of carbonyl (C=O) groups is 1. The summed E-state index contributed by atoms with van der Waals surface area (Å²) in [5, 5.41) is 3.41. The van der Waals surface area contributed by atoms with E-state index < -0.39 is 0 Å². The van der Waals surface area contributed by atoms with E-state index in [0.717, 1.165) is 21.8 Å². The Morgan fingerprint density at radius 2 is 1.90 bits per heavy atom. The molecule has 1 N–H and O–H groups in total. The number of halogens is 1. The summed E-state index contributed by atoms with van der Waals surface area (Å²) in [6.07, 6.45) is 0. The van der Waals surface area contributed by atoms with Gasteiger partial charge in [0.2, 0.25) is 0 Å². The van der Waals surface area contributed by atoms with Crippen molar-refractivity contribution in [2.75, 3.05) is 11.9 Å². The number of rotatable bonds is 4. The van der Waals surface area contributed by atoms with Crippen molar-refractivity contribution in [3.8, 4) is 5.75 Å². The van der Waals surface area contributed by atoms with Crippen LogP contribution in [0, 0.1) is 20.8 Å². The van der Waals surface area contributed by atoms with Crippen LogP contribution in [0.15, 0.2) is 30.3 Å². The second-order valence-corrected chi connectivity index (χ2v) is 5.25. The first-order chi connectivity index (χ1) is 9.95. The lowest BCUT2D eigenvalue weighted by Gasteiger charge is -2.10. The summed E-state index contributed by atoms with van der Waals surface area (Å²) in [6, 6.07) is 9.07. The monoisotopic (exact) mass is 304 g/mol. The van der Waals surface area contributed by atoms with Gasteiger partial charge in [-0.3, -0.25) is 4.79 Å². The molecule has 0 aliphatic heterocycles. The molecule has 110 valence electrons. The lowest BCUT2D eigenvalue weighted by molar-refractivity contribution is -0.118. The summed E-state index contributed by atoms with van der Waals surface area (Å²) in [5.41, 5.74) is 2.69. The van der Waals surface area contributed by atoms with E-state index in [2.05, 4.69) is 10.3 Å². The van der Waals surface area contributed by atoms with E-state index in [-0.39, 0.29) is 12.5 Å². The third kappa shape index (κ3) is 4.20. The van der Waals surface area contributed by atoms with Gasteiger partial charge in [0.1, 0.15) is 11.6 Å². The van der Waals surface area contributed by atoms with Crippen LogP contribution in [0.5, 0.6) is 5.75 Å². The zero-order valence-electron chi connectivity index (χ0n) is 12.2. The molecule has 1 aromatic heterocycles. The minimum absolute atomic E-state index is 0.0733. The van der Waals surface area contributed by atoms with E-state index in [9.17, 15) is 4.79 Å². The molecule has 0 atom stereocenters. The van der Waals surface area contributed by atoms with E-state index in [0.29, 0.717) is 11.6 Å². The number of pyridine rings is 1. The fourth-order valence-electron chi connectivity index (χ4n) is 1.93. The smallest absolute Gasteiger partial charge is 0.263 e. The van der Waals surface area contributed by atoms with Gasteiger partial charge in [-0.2, -0.15) is 0 Å². The molecule has 1 amide bonds. The third-order valence-corrected chi connectivity index (χ3v) is 3.53. The topological polar surface area (TPSA) is 51.2 Å². The van der Waals surface area contributed by atoms with Crippen molar-refractivity contribution in [1.29, 1.82) is 0 Å².